The third kappa shape index (κ3) is 1.84. The molecule has 6 heteroatoms. The van der Waals surface area contributed by atoms with Gasteiger partial charge < -0.3 is 5.11 Å². The molecule has 2 N–H and O–H groups in total. The van der Waals surface area contributed by atoms with Crippen LogP contribution in [0.25, 0.3) is 5.70 Å². The van der Waals surface area contributed by atoms with E-state index in [2.05, 4.69) is 15.7 Å². The maximum Gasteiger partial charge on any atom is 0.151 e. The highest BCUT2D eigenvalue weighted by Crippen LogP contribution is 2.16. The van der Waals surface area contributed by atoms with Crippen LogP contribution in [0.1, 0.15) is 5.69 Å². The zero-order valence-electron chi connectivity index (χ0n) is 7.14. The first-order valence-corrected chi connectivity index (χ1v) is 4.41. The van der Waals surface area contributed by atoms with E-state index < -0.39 is 0 Å². The molecule has 0 radical (unpaired) electrons. The van der Waals surface area contributed by atoms with Gasteiger partial charge in [-0.3, -0.25) is 10.3 Å². The van der Waals surface area contributed by atoms with Crippen LogP contribution in [0.15, 0.2) is 18.2 Å². The summed E-state index contributed by atoms with van der Waals surface area (Å²) in [7, 11) is 0. The molecule has 0 amide bonds. The number of hydrogen-bond donors (Lipinski definition) is 2. The van der Waals surface area contributed by atoms with Crippen LogP contribution in [0.2, 0.25) is 5.15 Å². The Balaban J connectivity index is 2.20. The fourth-order valence-electron chi connectivity index (χ4n) is 1.08. The molecule has 1 aliphatic rings. The lowest BCUT2D eigenvalue weighted by molar-refractivity contribution is 0.0172. The molecule has 0 saturated heterocycles. The number of halogens is 1. The van der Waals surface area contributed by atoms with Crippen molar-refractivity contribution >= 4 is 17.3 Å². The second-order valence-corrected chi connectivity index (χ2v) is 3.15. The van der Waals surface area contributed by atoms with E-state index in [1.54, 1.807) is 18.2 Å². The number of hydroxylamine groups is 1. The third-order valence-electron chi connectivity index (χ3n) is 1.76. The normalized spacial score (nSPS) is 20.4. The number of aliphatic hydroxyl groups is 1. The fourth-order valence-corrected chi connectivity index (χ4v) is 1.18. The smallest absolute Gasteiger partial charge is 0.151 e. The van der Waals surface area contributed by atoms with Crippen LogP contribution in [0.5, 0.6) is 0 Å². The number of nitrogens with one attached hydrogen (secondary N) is 1. The van der Waals surface area contributed by atoms with E-state index in [-0.39, 0.29) is 12.7 Å². The summed E-state index contributed by atoms with van der Waals surface area (Å²) >= 11 is 5.59. The number of rotatable bonds is 2. The van der Waals surface area contributed by atoms with E-state index >= 15 is 0 Å². The SMILES string of the molecule is OCC1C=C(c2ccc(Cl)nn2)NO1. The predicted molar refractivity (Wildman–Crippen MR) is 50.1 cm³/mol. The number of nitrogens with zero attached hydrogens (tertiary/aromatic N) is 2. The zero-order chi connectivity index (χ0) is 9.97. The lowest BCUT2D eigenvalue weighted by Gasteiger charge is -2.02. The first-order valence-electron chi connectivity index (χ1n) is 4.03. The van der Waals surface area contributed by atoms with Crippen molar-refractivity contribution in [1.82, 2.24) is 15.7 Å². The summed E-state index contributed by atoms with van der Waals surface area (Å²) in [5.74, 6) is 0. The summed E-state index contributed by atoms with van der Waals surface area (Å²) < 4.78 is 0. The Hall–Kier alpha value is -1.17. The molecule has 0 aliphatic carbocycles. The first-order chi connectivity index (χ1) is 6.79. The van der Waals surface area contributed by atoms with E-state index in [4.69, 9.17) is 21.5 Å². The Morgan fingerprint density at radius 2 is 2.36 bits per heavy atom. The summed E-state index contributed by atoms with van der Waals surface area (Å²) in [4.78, 5) is 5.01. The van der Waals surface area contributed by atoms with Crippen molar-refractivity contribution < 1.29 is 9.94 Å². The number of aliphatic hydroxyl groups excluding tert-OH is 1. The average Bonchev–Trinajstić information content (AvgIpc) is 2.67. The molecule has 1 unspecified atom stereocenters. The van der Waals surface area contributed by atoms with Crippen molar-refractivity contribution in [2.75, 3.05) is 6.61 Å². The van der Waals surface area contributed by atoms with E-state index in [1.807, 2.05) is 0 Å². The molecule has 74 valence electrons. The minimum atomic E-state index is -0.331. The molecule has 1 aromatic rings. The van der Waals surface area contributed by atoms with Crippen molar-refractivity contribution in [3.8, 4) is 0 Å². The van der Waals surface area contributed by atoms with Crippen molar-refractivity contribution in [2.45, 2.75) is 6.10 Å². The number of aromatic nitrogens is 2. The van der Waals surface area contributed by atoms with Crippen LogP contribution in [-0.2, 0) is 4.84 Å². The van der Waals surface area contributed by atoms with Crippen LogP contribution < -0.4 is 5.48 Å². The Morgan fingerprint density at radius 1 is 1.50 bits per heavy atom. The first kappa shape index (κ1) is 9.39. The third-order valence-corrected chi connectivity index (χ3v) is 1.96. The van der Waals surface area contributed by atoms with Gasteiger partial charge in [0.25, 0.3) is 0 Å². The Kier molecular flexibility index (Phi) is 2.62. The van der Waals surface area contributed by atoms with Crippen molar-refractivity contribution in [3.63, 3.8) is 0 Å². The van der Waals surface area contributed by atoms with Crippen LogP contribution in [0, 0.1) is 0 Å². The molecule has 0 saturated carbocycles. The van der Waals surface area contributed by atoms with Gasteiger partial charge in [0.15, 0.2) is 5.15 Å². The maximum atomic E-state index is 8.81. The predicted octanol–water partition coefficient (Wildman–Crippen LogP) is 0.367. The van der Waals surface area contributed by atoms with Crippen molar-refractivity contribution in [2.24, 2.45) is 0 Å². The molecule has 2 heterocycles. The number of hydrogen-bond acceptors (Lipinski definition) is 5. The standard InChI is InChI=1S/C8H8ClN3O2/c9-8-2-1-6(10-11-8)7-3-5(4-13)14-12-7/h1-3,5,12-13H,4H2. The largest absolute Gasteiger partial charge is 0.393 e. The van der Waals surface area contributed by atoms with Crippen molar-refractivity contribution in [1.29, 1.82) is 0 Å². The lowest BCUT2D eigenvalue weighted by atomic mass is 10.2. The van der Waals surface area contributed by atoms with E-state index in [0.29, 0.717) is 16.5 Å². The van der Waals surface area contributed by atoms with Crippen LogP contribution in [0.3, 0.4) is 0 Å². The van der Waals surface area contributed by atoms with Gasteiger partial charge in [0.05, 0.1) is 12.3 Å². The van der Waals surface area contributed by atoms with Gasteiger partial charge in [0.1, 0.15) is 11.8 Å². The summed E-state index contributed by atoms with van der Waals surface area (Å²) in [6.45, 7) is -0.0719. The second-order valence-electron chi connectivity index (χ2n) is 2.76. The summed E-state index contributed by atoms with van der Waals surface area (Å²) in [6.07, 6.45) is 1.40. The minimum absolute atomic E-state index is 0.0719. The monoisotopic (exact) mass is 213 g/mol. The molecular formula is C8H8ClN3O2. The van der Waals surface area contributed by atoms with E-state index in [0.717, 1.165) is 0 Å². The topological polar surface area (TPSA) is 67.3 Å². The van der Waals surface area contributed by atoms with Gasteiger partial charge in [-0.05, 0) is 18.2 Å². The van der Waals surface area contributed by atoms with Crippen LogP contribution in [0.4, 0.5) is 0 Å². The molecule has 5 nitrogen and oxygen atoms in total. The summed E-state index contributed by atoms with van der Waals surface area (Å²) in [5, 5.41) is 16.7. The molecule has 0 fully saturated rings. The van der Waals surface area contributed by atoms with Gasteiger partial charge in [0, 0.05) is 0 Å². The molecule has 1 aromatic heterocycles. The van der Waals surface area contributed by atoms with E-state index in [9.17, 15) is 0 Å². The van der Waals surface area contributed by atoms with Gasteiger partial charge >= 0.3 is 0 Å². The van der Waals surface area contributed by atoms with Gasteiger partial charge in [-0.1, -0.05) is 11.6 Å². The minimum Gasteiger partial charge on any atom is -0.393 e. The molecule has 1 aliphatic heterocycles. The maximum absolute atomic E-state index is 8.81. The van der Waals surface area contributed by atoms with Crippen molar-refractivity contribution in [3.05, 3.63) is 29.1 Å². The summed E-state index contributed by atoms with van der Waals surface area (Å²) in [5.41, 5.74) is 3.97. The highest BCUT2D eigenvalue weighted by Gasteiger charge is 2.17. The fraction of sp³-hybridized carbons (Fsp3) is 0.250. The highest BCUT2D eigenvalue weighted by atomic mass is 35.5. The quantitative estimate of drug-likeness (QED) is 0.743. The van der Waals surface area contributed by atoms with Gasteiger partial charge in [0.2, 0.25) is 0 Å². The molecule has 0 spiro atoms. The summed E-state index contributed by atoms with van der Waals surface area (Å²) in [6, 6.07) is 3.36. The molecule has 0 bridgehead atoms. The molecule has 14 heavy (non-hydrogen) atoms. The second kappa shape index (κ2) is 3.91. The van der Waals surface area contributed by atoms with Gasteiger partial charge in [-0.25, -0.2) is 0 Å². The Morgan fingerprint density at radius 3 is 2.93 bits per heavy atom. The average molecular weight is 214 g/mol. The Bertz CT molecular complexity index is 352. The highest BCUT2D eigenvalue weighted by molar-refractivity contribution is 6.29. The molecular weight excluding hydrogens is 206 g/mol. The lowest BCUT2D eigenvalue weighted by Crippen LogP contribution is -2.15. The Labute approximate surface area is 85.3 Å². The van der Waals surface area contributed by atoms with Gasteiger partial charge in [-0.2, -0.15) is 0 Å². The van der Waals surface area contributed by atoms with E-state index in [1.165, 1.54) is 0 Å². The van der Waals surface area contributed by atoms with Gasteiger partial charge in [-0.15, -0.1) is 10.2 Å². The van der Waals surface area contributed by atoms with Crippen LogP contribution >= 0.6 is 11.6 Å². The molecule has 2 rings (SSSR count). The molecule has 0 aromatic carbocycles. The van der Waals surface area contributed by atoms with Crippen LogP contribution in [-0.4, -0.2) is 28.0 Å². The molecule has 1 atom stereocenters. The zero-order valence-corrected chi connectivity index (χ0v) is 7.90.